The monoisotopic (exact) mass is 475 g/mol. The Bertz CT molecular complexity index is 913. The van der Waals surface area contributed by atoms with E-state index in [0.29, 0.717) is 33.1 Å². The van der Waals surface area contributed by atoms with Gasteiger partial charge >= 0.3 is 0 Å². The van der Waals surface area contributed by atoms with Gasteiger partial charge in [-0.25, -0.2) is 9.37 Å². The quantitative estimate of drug-likeness (QED) is 0.470. The van der Waals surface area contributed by atoms with Crippen molar-refractivity contribution in [3.63, 3.8) is 0 Å². The third kappa shape index (κ3) is 5.07. The van der Waals surface area contributed by atoms with Crippen molar-refractivity contribution < 1.29 is 13.6 Å². The number of carbonyl (C=O) groups excluding carboxylic acids is 1. The minimum Gasteiger partial charge on any atom is -0.444 e. The lowest BCUT2D eigenvalue weighted by molar-refractivity contribution is 0.0956. The number of furan rings is 1. The molecule has 0 spiro atoms. The van der Waals surface area contributed by atoms with E-state index in [2.05, 4.69) is 39.7 Å². The molecule has 0 aliphatic rings. The number of carbonyl (C=O) groups is 1. The number of hydrogen-bond acceptors (Lipinski definition) is 5. The van der Waals surface area contributed by atoms with Crippen LogP contribution in [0.3, 0.4) is 0 Å². The van der Waals surface area contributed by atoms with Crippen LogP contribution in [-0.4, -0.2) is 42.0 Å². The van der Waals surface area contributed by atoms with Crippen molar-refractivity contribution in [3.05, 3.63) is 46.6 Å². The van der Waals surface area contributed by atoms with Crippen molar-refractivity contribution >= 4 is 60.9 Å². The van der Waals surface area contributed by atoms with Crippen LogP contribution in [0, 0.1) is 5.82 Å². The lowest BCUT2D eigenvalue weighted by Gasteiger charge is -2.24. The number of rotatable bonds is 7. The number of likely N-dealkylation sites (N-methyl/N-ethyl adjacent to an activating group) is 1. The van der Waals surface area contributed by atoms with Gasteiger partial charge in [0.05, 0.1) is 10.2 Å². The number of halogens is 3. The maximum atomic E-state index is 13.5. The summed E-state index contributed by atoms with van der Waals surface area (Å²) in [4.78, 5) is 21.3. The molecule has 1 aromatic carbocycles. The topological polar surface area (TPSA) is 49.6 Å². The average Bonchev–Trinajstić information content (AvgIpc) is 3.24. The summed E-state index contributed by atoms with van der Waals surface area (Å²) in [6.07, 6.45) is 0. The van der Waals surface area contributed by atoms with E-state index in [4.69, 9.17) is 4.42 Å². The highest BCUT2D eigenvalue weighted by Gasteiger charge is 2.24. The summed E-state index contributed by atoms with van der Waals surface area (Å²) in [7, 11) is 0. The van der Waals surface area contributed by atoms with Gasteiger partial charge in [0.25, 0.3) is 5.91 Å². The normalized spacial score (nSPS) is 11.0. The fourth-order valence-electron chi connectivity index (χ4n) is 2.63. The second-order valence-corrected chi connectivity index (χ2v) is 7.49. The minimum atomic E-state index is -0.316. The Morgan fingerprint density at radius 1 is 1.22 bits per heavy atom. The van der Waals surface area contributed by atoms with E-state index in [0.717, 1.165) is 13.1 Å². The van der Waals surface area contributed by atoms with E-state index < -0.39 is 0 Å². The highest BCUT2D eigenvalue weighted by Crippen LogP contribution is 2.30. The van der Waals surface area contributed by atoms with Gasteiger partial charge in [0.15, 0.2) is 15.6 Å². The molecule has 3 rings (SSSR count). The summed E-state index contributed by atoms with van der Waals surface area (Å²) in [6.45, 7) is 7.15. The molecular formula is C18H20BrClFN3O2S. The summed E-state index contributed by atoms with van der Waals surface area (Å²) in [6, 6.07) is 7.75. The number of aromatic nitrogens is 1. The van der Waals surface area contributed by atoms with Gasteiger partial charge in [0, 0.05) is 13.1 Å². The molecule has 1 amide bonds. The molecule has 146 valence electrons. The van der Waals surface area contributed by atoms with Gasteiger partial charge in [-0.15, -0.1) is 12.4 Å². The number of thiazole rings is 1. The first kappa shape index (κ1) is 21.8. The van der Waals surface area contributed by atoms with E-state index in [1.807, 2.05) is 0 Å². The maximum absolute atomic E-state index is 13.5. The molecule has 2 heterocycles. The van der Waals surface area contributed by atoms with Gasteiger partial charge in [-0.1, -0.05) is 25.2 Å². The van der Waals surface area contributed by atoms with Gasteiger partial charge in [-0.3, -0.25) is 9.69 Å². The Balaban J connectivity index is 0.00000261. The fourth-order valence-corrected chi connectivity index (χ4v) is 3.95. The van der Waals surface area contributed by atoms with Gasteiger partial charge in [0.2, 0.25) is 0 Å². The van der Waals surface area contributed by atoms with Gasteiger partial charge in [-0.2, -0.15) is 0 Å². The molecule has 3 aromatic rings. The van der Waals surface area contributed by atoms with E-state index in [9.17, 15) is 9.18 Å². The molecule has 0 fully saturated rings. The molecule has 0 bridgehead atoms. The van der Waals surface area contributed by atoms with E-state index in [1.54, 1.807) is 23.1 Å². The summed E-state index contributed by atoms with van der Waals surface area (Å²) >= 11 is 4.52. The summed E-state index contributed by atoms with van der Waals surface area (Å²) in [5, 5.41) is 0.537. The van der Waals surface area contributed by atoms with Crippen molar-refractivity contribution in [1.82, 2.24) is 9.88 Å². The van der Waals surface area contributed by atoms with Crippen LogP contribution >= 0.6 is 39.7 Å². The number of fused-ring (bicyclic) bond motifs is 1. The molecular weight excluding hydrogens is 457 g/mol. The van der Waals surface area contributed by atoms with Crippen molar-refractivity contribution in [1.29, 1.82) is 0 Å². The van der Waals surface area contributed by atoms with E-state index >= 15 is 0 Å². The highest BCUT2D eigenvalue weighted by molar-refractivity contribution is 9.10. The first-order chi connectivity index (χ1) is 12.5. The standard InChI is InChI=1S/C18H19BrFN3O2S.ClH/c1-3-22(4-2)9-10-23(17(24)14-7-8-16(19)25-14)18-21-13-6-5-12(20)11-15(13)26-18;/h5-8,11H,3-4,9-10H2,1-2H3;1H. The zero-order chi connectivity index (χ0) is 18.7. The Labute approximate surface area is 175 Å². The van der Waals surface area contributed by atoms with Crippen LogP contribution in [0.1, 0.15) is 24.4 Å². The first-order valence-corrected chi connectivity index (χ1v) is 9.98. The van der Waals surface area contributed by atoms with E-state index in [1.165, 1.54) is 23.5 Å². The highest BCUT2D eigenvalue weighted by atomic mass is 79.9. The number of nitrogens with zero attached hydrogens (tertiary/aromatic N) is 3. The number of benzene rings is 1. The molecule has 0 atom stereocenters. The lowest BCUT2D eigenvalue weighted by Crippen LogP contribution is -2.38. The van der Waals surface area contributed by atoms with Crippen molar-refractivity contribution in [2.24, 2.45) is 0 Å². The summed E-state index contributed by atoms with van der Waals surface area (Å²) in [5.41, 5.74) is 0.674. The second kappa shape index (κ2) is 9.64. The third-order valence-electron chi connectivity index (χ3n) is 4.13. The van der Waals surface area contributed by atoms with Crippen LogP contribution < -0.4 is 4.90 Å². The molecule has 0 unspecified atom stereocenters. The Morgan fingerprint density at radius 2 is 1.96 bits per heavy atom. The summed E-state index contributed by atoms with van der Waals surface area (Å²) < 4.78 is 20.1. The predicted molar refractivity (Wildman–Crippen MR) is 113 cm³/mol. The number of amides is 1. The van der Waals surface area contributed by atoms with Crippen LogP contribution in [0.15, 0.2) is 39.4 Å². The van der Waals surface area contributed by atoms with Gasteiger partial charge < -0.3 is 9.32 Å². The van der Waals surface area contributed by atoms with Gasteiger partial charge in [-0.05, 0) is 59.4 Å². The first-order valence-electron chi connectivity index (χ1n) is 8.37. The van der Waals surface area contributed by atoms with E-state index in [-0.39, 0.29) is 29.9 Å². The van der Waals surface area contributed by atoms with Crippen LogP contribution in [0.2, 0.25) is 0 Å². The zero-order valence-electron chi connectivity index (χ0n) is 14.9. The van der Waals surface area contributed by atoms with Crippen LogP contribution in [-0.2, 0) is 0 Å². The molecule has 5 nitrogen and oxygen atoms in total. The Kier molecular flexibility index (Phi) is 7.79. The van der Waals surface area contributed by atoms with Crippen LogP contribution in [0.5, 0.6) is 0 Å². The molecule has 0 aliphatic heterocycles. The van der Waals surface area contributed by atoms with Crippen LogP contribution in [0.4, 0.5) is 9.52 Å². The Morgan fingerprint density at radius 3 is 2.59 bits per heavy atom. The van der Waals surface area contributed by atoms with Crippen molar-refractivity contribution in [3.8, 4) is 0 Å². The second-order valence-electron chi connectivity index (χ2n) is 5.70. The molecule has 27 heavy (non-hydrogen) atoms. The van der Waals surface area contributed by atoms with Crippen molar-refractivity contribution in [2.45, 2.75) is 13.8 Å². The molecule has 2 aromatic heterocycles. The van der Waals surface area contributed by atoms with Crippen LogP contribution in [0.25, 0.3) is 10.2 Å². The van der Waals surface area contributed by atoms with Gasteiger partial charge in [0.1, 0.15) is 5.82 Å². The molecule has 0 saturated heterocycles. The molecule has 0 aliphatic carbocycles. The maximum Gasteiger partial charge on any atom is 0.295 e. The predicted octanol–water partition coefficient (Wildman–Crippen LogP) is 5.20. The molecule has 0 saturated carbocycles. The van der Waals surface area contributed by atoms with Crippen molar-refractivity contribution in [2.75, 3.05) is 31.1 Å². The zero-order valence-corrected chi connectivity index (χ0v) is 18.2. The largest absolute Gasteiger partial charge is 0.444 e. The third-order valence-corrected chi connectivity index (χ3v) is 5.60. The average molecular weight is 477 g/mol. The Hall–Kier alpha value is -1.48. The molecule has 0 N–H and O–H groups in total. The summed E-state index contributed by atoms with van der Waals surface area (Å²) in [5.74, 6) is -0.340. The SMILES string of the molecule is CCN(CC)CCN(C(=O)c1ccc(Br)o1)c1nc2ccc(F)cc2s1.Cl. The molecule has 9 heteroatoms. The number of anilines is 1. The number of hydrogen-bond donors (Lipinski definition) is 0. The minimum absolute atomic E-state index is 0. The molecule has 0 radical (unpaired) electrons. The fraction of sp³-hybridized carbons (Fsp3) is 0.333. The smallest absolute Gasteiger partial charge is 0.295 e. The lowest BCUT2D eigenvalue weighted by atomic mass is 10.3.